The number of ether oxygens (including phenoxy) is 1. The summed E-state index contributed by atoms with van der Waals surface area (Å²) < 4.78 is 6.79. The number of rotatable bonds is 6. The van der Waals surface area contributed by atoms with E-state index in [2.05, 4.69) is 15.5 Å². The molecule has 0 amide bonds. The van der Waals surface area contributed by atoms with Gasteiger partial charge in [0.05, 0.1) is 18.0 Å². The lowest BCUT2D eigenvalue weighted by Crippen LogP contribution is -2.15. The van der Waals surface area contributed by atoms with Gasteiger partial charge in [-0.05, 0) is 72.7 Å². The van der Waals surface area contributed by atoms with E-state index >= 15 is 0 Å². The van der Waals surface area contributed by atoms with Gasteiger partial charge in [0.1, 0.15) is 5.75 Å². The first-order valence-corrected chi connectivity index (χ1v) is 9.08. The Morgan fingerprint density at radius 1 is 1.12 bits per heavy atom. The predicted molar refractivity (Wildman–Crippen MR) is 101 cm³/mol. The average Bonchev–Trinajstić information content (AvgIpc) is 3.11. The van der Waals surface area contributed by atoms with E-state index in [0.29, 0.717) is 10.7 Å². The fraction of sp³-hybridized carbons (Fsp3) is 0.263. The van der Waals surface area contributed by atoms with Crippen LogP contribution >= 0.6 is 11.8 Å². The summed E-state index contributed by atoms with van der Waals surface area (Å²) in [6.45, 7) is 5.91. The number of hydrogen-bond donors (Lipinski definition) is 0. The van der Waals surface area contributed by atoms with Crippen LogP contribution in [-0.2, 0) is 0 Å². The molecule has 0 bridgehead atoms. The topological polar surface area (TPSA) is 69.9 Å². The van der Waals surface area contributed by atoms with Crippen LogP contribution in [0, 0.1) is 13.8 Å². The van der Waals surface area contributed by atoms with Gasteiger partial charge in [0.25, 0.3) is 0 Å². The molecule has 1 heterocycles. The third-order valence-corrected chi connectivity index (χ3v) is 5.23. The molecule has 6 nitrogen and oxygen atoms in total. The highest BCUT2D eigenvalue weighted by molar-refractivity contribution is 8.00. The van der Waals surface area contributed by atoms with Crippen molar-refractivity contribution in [2.75, 3.05) is 7.11 Å². The number of carbonyl (C=O) groups excluding carboxylic acids is 1. The summed E-state index contributed by atoms with van der Waals surface area (Å²) in [7, 11) is 1.62. The van der Waals surface area contributed by atoms with Gasteiger partial charge in [-0.3, -0.25) is 4.79 Å². The van der Waals surface area contributed by atoms with Crippen LogP contribution < -0.4 is 4.74 Å². The van der Waals surface area contributed by atoms with Crippen LogP contribution in [0.3, 0.4) is 0 Å². The van der Waals surface area contributed by atoms with E-state index < -0.39 is 0 Å². The van der Waals surface area contributed by atoms with Crippen LogP contribution in [0.1, 0.15) is 28.4 Å². The van der Waals surface area contributed by atoms with Gasteiger partial charge in [0.15, 0.2) is 5.78 Å². The molecule has 0 radical (unpaired) electrons. The second kappa shape index (κ2) is 7.70. The first-order valence-electron chi connectivity index (χ1n) is 8.20. The van der Waals surface area contributed by atoms with Crippen LogP contribution in [0.15, 0.2) is 47.6 Å². The van der Waals surface area contributed by atoms with Crippen molar-refractivity contribution in [3.8, 4) is 11.4 Å². The number of tetrazole rings is 1. The fourth-order valence-electron chi connectivity index (χ4n) is 2.48. The third-order valence-electron chi connectivity index (χ3n) is 4.20. The minimum Gasteiger partial charge on any atom is -0.497 e. The molecule has 0 saturated carbocycles. The van der Waals surface area contributed by atoms with E-state index in [1.165, 1.54) is 17.3 Å². The summed E-state index contributed by atoms with van der Waals surface area (Å²) in [5.41, 5.74) is 3.79. The summed E-state index contributed by atoms with van der Waals surface area (Å²) >= 11 is 1.34. The zero-order valence-corrected chi connectivity index (χ0v) is 15.9. The maximum Gasteiger partial charge on any atom is 0.214 e. The van der Waals surface area contributed by atoms with Crippen LogP contribution in [0.25, 0.3) is 5.69 Å². The molecule has 3 aromatic rings. The Morgan fingerprint density at radius 2 is 1.85 bits per heavy atom. The molecule has 0 aliphatic rings. The summed E-state index contributed by atoms with van der Waals surface area (Å²) in [6, 6.07) is 13.2. The SMILES string of the molecule is COc1ccc(-n2nnnc2S[C@H](C)C(=O)c2ccc(C)c(C)c2)cc1. The molecule has 7 heteroatoms. The van der Waals surface area contributed by atoms with Gasteiger partial charge in [-0.15, -0.1) is 5.10 Å². The van der Waals surface area contributed by atoms with Gasteiger partial charge in [-0.1, -0.05) is 23.9 Å². The average molecular weight is 368 g/mol. The highest BCUT2D eigenvalue weighted by Crippen LogP contribution is 2.26. The van der Waals surface area contributed by atoms with Crippen LogP contribution in [0.4, 0.5) is 0 Å². The lowest BCUT2D eigenvalue weighted by atomic mass is 10.0. The van der Waals surface area contributed by atoms with Crippen molar-refractivity contribution in [2.45, 2.75) is 31.2 Å². The molecule has 0 saturated heterocycles. The van der Waals surface area contributed by atoms with Crippen LogP contribution in [-0.4, -0.2) is 38.4 Å². The van der Waals surface area contributed by atoms with Crippen molar-refractivity contribution in [3.05, 3.63) is 59.2 Å². The molecule has 134 valence electrons. The number of benzene rings is 2. The van der Waals surface area contributed by atoms with Crippen molar-refractivity contribution < 1.29 is 9.53 Å². The summed E-state index contributed by atoms with van der Waals surface area (Å²) in [5, 5.41) is 12.1. The molecule has 2 aromatic carbocycles. The smallest absolute Gasteiger partial charge is 0.214 e. The van der Waals surface area contributed by atoms with E-state index in [1.54, 1.807) is 11.8 Å². The van der Waals surface area contributed by atoms with Gasteiger partial charge < -0.3 is 4.74 Å². The number of Topliss-reactive ketones (excluding diaryl/α,β-unsaturated/α-hetero) is 1. The molecule has 0 spiro atoms. The summed E-state index contributed by atoms with van der Waals surface area (Å²) in [6.07, 6.45) is 0. The van der Waals surface area contributed by atoms with Crippen molar-refractivity contribution in [2.24, 2.45) is 0 Å². The first-order chi connectivity index (χ1) is 12.5. The molecule has 0 aliphatic heterocycles. The molecule has 1 atom stereocenters. The molecule has 26 heavy (non-hydrogen) atoms. The minimum absolute atomic E-state index is 0.0578. The molecular weight excluding hydrogens is 348 g/mol. The van der Waals surface area contributed by atoms with Gasteiger partial charge in [0.2, 0.25) is 5.16 Å². The molecule has 0 fully saturated rings. The normalized spacial score (nSPS) is 12.0. The monoisotopic (exact) mass is 368 g/mol. The summed E-state index contributed by atoms with van der Waals surface area (Å²) in [4.78, 5) is 12.8. The quantitative estimate of drug-likeness (QED) is 0.489. The van der Waals surface area contributed by atoms with Gasteiger partial charge >= 0.3 is 0 Å². The lowest BCUT2D eigenvalue weighted by molar-refractivity contribution is 0.0993. The lowest BCUT2D eigenvalue weighted by Gasteiger charge is -2.11. The minimum atomic E-state index is -0.305. The number of aromatic nitrogens is 4. The maximum atomic E-state index is 12.8. The number of aryl methyl sites for hydroxylation is 2. The number of nitrogens with zero attached hydrogens (tertiary/aromatic N) is 4. The molecular formula is C19H20N4O2S. The maximum absolute atomic E-state index is 12.8. The fourth-order valence-corrected chi connectivity index (χ4v) is 3.36. The largest absolute Gasteiger partial charge is 0.497 e. The number of ketones is 1. The standard InChI is InChI=1S/C19H20N4O2S/c1-12-5-6-15(11-13(12)2)18(24)14(3)26-19-20-21-22-23(19)16-7-9-17(25-4)10-8-16/h5-11,14H,1-4H3/t14-/m1/s1. The van der Waals surface area contributed by atoms with E-state index in [4.69, 9.17) is 4.74 Å². The third kappa shape index (κ3) is 3.77. The molecule has 0 unspecified atom stereocenters. The molecule has 0 aliphatic carbocycles. The van der Waals surface area contributed by atoms with E-state index in [0.717, 1.165) is 17.0 Å². The number of hydrogen-bond acceptors (Lipinski definition) is 6. The molecule has 1 aromatic heterocycles. The highest BCUT2D eigenvalue weighted by atomic mass is 32.2. The van der Waals surface area contributed by atoms with Crippen molar-refractivity contribution in [3.63, 3.8) is 0 Å². The van der Waals surface area contributed by atoms with Crippen LogP contribution in [0.2, 0.25) is 0 Å². The van der Waals surface area contributed by atoms with E-state index in [-0.39, 0.29) is 11.0 Å². The zero-order valence-electron chi connectivity index (χ0n) is 15.1. The van der Waals surface area contributed by atoms with Crippen molar-refractivity contribution in [1.82, 2.24) is 20.2 Å². The van der Waals surface area contributed by atoms with Crippen molar-refractivity contribution >= 4 is 17.5 Å². The molecule has 0 N–H and O–H groups in total. The zero-order chi connectivity index (χ0) is 18.7. The van der Waals surface area contributed by atoms with Crippen LogP contribution in [0.5, 0.6) is 5.75 Å². The first kappa shape index (κ1) is 18.1. The van der Waals surface area contributed by atoms with E-state index in [9.17, 15) is 4.79 Å². The van der Waals surface area contributed by atoms with Gasteiger partial charge in [-0.2, -0.15) is 4.68 Å². The second-order valence-corrected chi connectivity index (χ2v) is 7.30. The summed E-state index contributed by atoms with van der Waals surface area (Å²) in [5.74, 6) is 0.816. The van der Waals surface area contributed by atoms with Gasteiger partial charge in [-0.25, -0.2) is 0 Å². The Kier molecular flexibility index (Phi) is 5.37. The van der Waals surface area contributed by atoms with Gasteiger partial charge in [0, 0.05) is 5.56 Å². The Bertz CT molecular complexity index is 922. The molecule has 3 rings (SSSR count). The Hall–Kier alpha value is -2.67. The van der Waals surface area contributed by atoms with E-state index in [1.807, 2.05) is 63.2 Å². The Morgan fingerprint density at radius 3 is 2.50 bits per heavy atom. The Balaban J connectivity index is 1.79. The number of thioether (sulfide) groups is 1. The Labute approximate surface area is 156 Å². The number of carbonyl (C=O) groups is 1. The number of methoxy groups -OCH3 is 1. The highest BCUT2D eigenvalue weighted by Gasteiger charge is 2.21. The second-order valence-electron chi connectivity index (χ2n) is 5.99. The predicted octanol–water partition coefficient (Wildman–Crippen LogP) is 3.65. The van der Waals surface area contributed by atoms with Crippen molar-refractivity contribution in [1.29, 1.82) is 0 Å².